The van der Waals surface area contributed by atoms with Crippen LogP contribution < -0.4 is 0 Å². The first kappa shape index (κ1) is 9.24. The van der Waals surface area contributed by atoms with E-state index in [1.165, 1.54) is 12.8 Å². The van der Waals surface area contributed by atoms with Crippen molar-refractivity contribution in [3.8, 4) is 0 Å². The van der Waals surface area contributed by atoms with Gasteiger partial charge in [0, 0.05) is 17.7 Å². The van der Waals surface area contributed by atoms with Gasteiger partial charge in [-0.3, -0.25) is 4.79 Å². The van der Waals surface area contributed by atoms with Gasteiger partial charge in [0.2, 0.25) is 0 Å². The fourth-order valence-corrected chi connectivity index (χ4v) is 2.15. The molecule has 0 aromatic heterocycles. The van der Waals surface area contributed by atoms with Crippen molar-refractivity contribution in [3.63, 3.8) is 0 Å². The highest BCUT2D eigenvalue weighted by Crippen LogP contribution is 2.37. The van der Waals surface area contributed by atoms with Gasteiger partial charge in [0.25, 0.3) is 0 Å². The first-order chi connectivity index (χ1) is 5.29. The number of carbonyl (C=O) groups excluding carboxylic acids is 1. The predicted octanol–water partition coefficient (Wildman–Crippen LogP) is 2.78. The van der Waals surface area contributed by atoms with Crippen LogP contribution >= 0.6 is 15.9 Å². The minimum Gasteiger partial charge on any atom is -0.299 e. The molecule has 0 amide bonds. The summed E-state index contributed by atoms with van der Waals surface area (Å²) < 4.78 is 0. The van der Waals surface area contributed by atoms with Gasteiger partial charge in [-0.2, -0.15) is 0 Å². The summed E-state index contributed by atoms with van der Waals surface area (Å²) >= 11 is 3.29. The van der Waals surface area contributed by atoms with Crippen molar-refractivity contribution >= 4 is 21.7 Å². The third-order valence-corrected chi connectivity index (χ3v) is 3.09. The van der Waals surface area contributed by atoms with Gasteiger partial charge in [0.1, 0.15) is 5.78 Å². The lowest BCUT2D eigenvalue weighted by molar-refractivity contribution is -0.127. The van der Waals surface area contributed by atoms with E-state index in [0.29, 0.717) is 17.6 Å². The molecule has 0 bridgehead atoms. The highest BCUT2D eigenvalue weighted by Gasteiger charge is 2.33. The van der Waals surface area contributed by atoms with Gasteiger partial charge in [0.05, 0.1) is 0 Å². The van der Waals surface area contributed by atoms with Gasteiger partial charge >= 0.3 is 0 Å². The SMILES string of the molecule is CC[C@@H]1CC[C@@H]1C(=O)CCBr. The zero-order valence-electron chi connectivity index (χ0n) is 6.98. The minimum atomic E-state index is 0.414. The fourth-order valence-electron chi connectivity index (χ4n) is 1.76. The molecule has 2 heteroatoms. The molecule has 0 aromatic rings. The zero-order valence-corrected chi connectivity index (χ0v) is 8.56. The largest absolute Gasteiger partial charge is 0.299 e. The molecule has 1 fully saturated rings. The third-order valence-electron chi connectivity index (χ3n) is 2.70. The van der Waals surface area contributed by atoms with Gasteiger partial charge in [-0.05, 0) is 18.8 Å². The molecule has 0 spiro atoms. The quantitative estimate of drug-likeness (QED) is 0.664. The lowest BCUT2D eigenvalue weighted by atomic mass is 9.69. The Hall–Kier alpha value is 0.150. The van der Waals surface area contributed by atoms with E-state index in [2.05, 4.69) is 22.9 Å². The lowest BCUT2D eigenvalue weighted by Gasteiger charge is -2.34. The first-order valence-electron chi connectivity index (χ1n) is 4.38. The first-order valence-corrected chi connectivity index (χ1v) is 5.50. The Bertz CT molecular complexity index is 142. The van der Waals surface area contributed by atoms with Crippen molar-refractivity contribution in [2.75, 3.05) is 5.33 Å². The molecule has 0 radical (unpaired) electrons. The maximum Gasteiger partial charge on any atom is 0.137 e. The van der Waals surface area contributed by atoms with Crippen molar-refractivity contribution in [2.24, 2.45) is 11.8 Å². The molecule has 0 N–H and O–H groups in total. The Morgan fingerprint density at radius 2 is 2.27 bits per heavy atom. The monoisotopic (exact) mass is 218 g/mol. The summed E-state index contributed by atoms with van der Waals surface area (Å²) in [5.41, 5.74) is 0. The number of hydrogen-bond acceptors (Lipinski definition) is 1. The molecule has 1 rings (SSSR count). The van der Waals surface area contributed by atoms with E-state index in [9.17, 15) is 4.79 Å². The van der Waals surface area contributed by atoms with Crippen LogP contribution in [0.25, 0.3) is 0 Å². The van der Waals surface area contributed by atoms with Crippen molar-refractivity contribution in [2.45, 2.75) is 32.6 Å². The minimum absolute atomic E-state index is 0.414. The molecule has 0 heterocycles. The second-order valence-electron chi connectivity index (χ2n) is 3.26. The van der Waals surface area contributed by atoms with E-state index >= 15 is 0 Å². The van der Waals surface area contributed by atoms with Crippen LogP contribution in [0, 0.1) is 11.8 Å². The summed E-state index contributed by atoms with van der Waals surface area (Å²) in [6, 6.07) is 0. The zero-order chi connectivity index (χ0) is 8.27. The Labute approximate surface area is 76.7 Å². The van der Waals surface area contributed by atoms with E-state index in [1.807, 2.05) is 0 Å². The normalized spacial score (nSPS) is 29.6. The molecule has 0 aliphatic heterocycles. The summed E-state index contributed by atoms with van der Waals surface area (Å²) in [5, 5.41) is 0.832. The lowest BCUT2D eigenvalue weighted by Crippen LogP contribution is -2.32. The number of hydrogen-bond donors (Lipinski definition) is 0. The molecule has 64 valence electrons. The van der Waals surface area contributed by atoms with Gasteiger partial charge in [-0.25, -0.2) is 0 Å². The number of carbonyl (C=O) groups is 1. The van der Waals surface area contributed by atoms with Gasteiger partial charge < -0.3 is 0 Å². The van der Waals surface area contributed by atoms with E-state index in [0.717, 1.165) is 18.2 Å². The molecular weight excluding hydrogens is 204 g/mol. The number of rotatable bonds is 4. The van der Waals surface area contributed by atoms with E-state index < -0.39 is 0 Å². The molecule has 0 unspecified atom stereocenters. The highest BCUT2D eigenvalue weighted by molar-refractivity contribution is 9.09. The summed E-state index contributed by atoms with van der Waals surface area (Å²) in [6.07, 6.45) is 4.32. The molecule has 2 atom stereocenters. The van der Waals surface area contributed by atoms with Crippen LogP contribution in [0.15, 0.2) is 0 Å². The van der Waals surface area contributed by atoms with Crippen LogP contribution in [0.5, 0.6) is 0 Å². The Morgan fingerprint density at radius 1 is 1.55 bits per heavy atom. The Kier molecular flexibility index (Phi) is 3.57. The van der Waals surface area contributed by atoms with Crippen LogP contribution in [0.3, 0.4) is 0 Å². The summed E-state index contributed by atoms with van der Waals surface area (Å²) in [4.78, 5) is 11.4. The van der Waals surface area contributed by atoms with E-state index in [4.69, 9.17) is 0 Å². The number of Topliss-reactive ketones (excluding diaryl/α,β-unsaturated/α-hetero) is 1. The smallest absolute Gasteiger partial charge is 0.137 e. The molecule has 11 heavy (non-hydrogen) atoms. The van der Waals surface area contributed by atoms with Crippen LogP contribution in [0.1, 0.15) is 32.6 Å². The van der Waals surface area contributed by atoms with Gasteiger partial charge in [-0.1, -0.05) is 29.3 Å². The number of halogens is 1. The van der Waals surface area contributed by atoms with Crippen molar-refractivity contribution < 1.29 is 4.79 Å². The topological polar surface area (TPSA) is 17.1 Å². The average molecular weight is 219 g/mol. The Morgan fingerprint density at radius 3 is 2.64 bits per heavy atom. The second-order valence-corrected chi connectivity index (χ2v) is 4.05. The third kappa shape index (κ3) is 2.05. The van der Waals surface area contributed by atoms with Crippen molar-refractivity contribution in [3.05, 3.63) is 0 Å². The molecule has 1 nitrogen and oxygen atoms in total. The molecule has 1 aliphatic carbocycles. The summed E-state index contributed by atoms with van der Waals surface area (Å²) in [7, 11) is 0. The second kappa shape index (κ2) is 4.24. The van der Waals surface area contributed by atoms with Crippen LogP contribution in [-0.2, 0) is 4.79 Å². The predicted molar refractivity (Wildman–Crippen MR) is 49.9 cm³/mol. The van der Waals surface area contributed by atoms with Crippen molar-refractivity contribution in [1.29, 1.82) is 0 Å². The van der Waals surface area contributed by atoms with Crippen molar-refractivity contribution in [1.82, 2.24) is 0 Å². The van der Waals surface area contributed by atoms with Crippen LogP contribution in [0.4, 0.5) is 0 Å². The number of alkyl halides is 1. The van der Waals surface area contributed by atoms with Crippen LogP contribution in [0.2, 0.25) is 0 Å². The molecule has 1 saturated carbocycles. The molecular formula is C9H15BrO. The van der Waals surface area contributed by atoms with E-state index in [1.54, 1.807) is 0 Å². The summed E-state index contributed by atoms with van der Waals surface area (Å²) in [6.45, 7) is 2.18. The molecule has 0 aromatic carbocycles. The Balaban J connectivity index is 2.30. The van der Waals surface area contributed by atoms with E-state index in [-0.39, 0.29) is 0 Å². The van der Waals surface area contributed by atoms with Gasteiger partial charge in [0.15, 0.2) is 0 Å². The average Bonchev–Trinajstić information content (AvgIpc) is 1.86. The molecule has 0 saturated heterocycles. The maximum absolute atomic E-state index is 11.4. The summed E-state index contributed by atoms with van der Waals surface area (Å²) in [5.74, 6) is 1.60. The number of ketones is 1. The standard InChI is InChI=1S/C9H15BrO/c1-2-7-3-4-8(7)9(11)5-6-10/h7-8H,2-6H2,1H3/t7-,8+/m1/s1. The fraction of sp³-hybridized carbons (Fsp3) is 0.889. The highest BCUT2D eigenvalue weighted by atomic mass is 79.9. The van der Waals surface area contributed by atoms with Gasteiger partial charge in [-0.15, -0.1) is 0 Å². The maximum atomic E-state index is 11.4. The molecule has 1 aliphatic rings. The van der Waals surface area contributed by atoms with Crippen LogP contribution in [-0.4, -0.2) is 11.1 Å².